The van der Waals surface area contributed by atoms with Crippen LogP contribution in [0.4, 0.5) is 0 Å². The van der Waals surface area contributed by atoms with Gasteiger partial charge in [0, 0.05) is 19.6 Å². The molecule has 1 saturated carbocycles. The van der Waals surface area contributed by atoms with E-state index in [0.717, 1.165) is 36.1 Å². The number of hydrogen-bond donors (Lipinski definition) is 4. The van der Waals surface area contributed by atoms with Gasteiger partial charge in [0.15, 0.2) is 0 Å². The normalized spacial score (nSPS) is 15.8. The van der Waals surface area contributed by atoms with E-state index in [2.05, 4.69) is 22.9 Å². The van der Waals surface area contributed by atoms with E-state index in [0.29, 0.717) is 19.0 Å². The maximum Gasteiger partial charge on any atom is 0.237 e. The van der Waals surface area contributed by atoms with Crippen molar-refractivity contribution in [3.05, 3.63) is 71.3 Å². The molecular formula is C29H42N4O2. The van der Waals surface area contributed by atoms with Crippen LogP contribution in [0.25, 0.3) is 0 Å². The van der Waals surface area contributed by atoms with Crippen molar-refractivity contribution in [3.8, 4) is 0 Å². The molecule has 2 amide bonds. The molecule has 0 aliphatic heterocycles. The predicted molar refractivity (Wildman–Crippen MR) is 142 cm³/mol. The summed E-state index contributed by atoms with van der Waals surface area (Å²) in [6.45, 7) is 4.13. The summed E-state index contributed by atoms with van der Waals surface area (Å²) >= 11 is 0. The van der Waals surface area contributed by atoms with Gasteiger partial charge in [0.1, 0.15) is 0 Å². The second-order valence-electron chi connectivity index (χ2n) is 9.69. The molecule has 0 spiro atoms. The molecule has 0 unspecified atom stereocenters. The number of amides is 2. The van der Waals surface area contributed by atoms with Crippen molar-refractivity contribution in [2.24, 2.45) is 11.7 Å². The Bertz CT molecular complexity index is 895. The highest BCUT2D eigenvalue weighted by atomic mass is 16.2. The fourth-order valence-electron chi connectivity index (χ4n) is 4.84. The molecule has 3 rings (SSSR count). The van der Waals surface area contributed by atoms with Crippen molar-refractivity contribution in [1.82, 2.24) is 16.0 Å². The summed E-state index contributed by atoms with van der Waals surface area (Å²) in [7, 11) is 0. The smallest absolute Gasteiger partial charge is 0.237 e. The van der Waals surface area contributed by atoms with Crippen molar-refractivity contribution in [3.63, 3.8) is 0 Å². The first-order valence-electron chi connectivity index (χ1n) is 13.2. The molecule has 0 saturated heterocycles. The minimum absolute atomic E-state index is 0.00451. The Morgan fingerprint density at radius 1 is 0.914 bits per heavy atom. The van der Waals surface area contributed by atoms with Gasteiger partial charge >= 0.3 is 0 Å². The Labute approximate surface area is 210 Å². The molecule has 1 fully saturated rings. The van der Waals surface area contributed by atoms with Gasteiger partial charge in [-0.1, -0.05) is 93.6 Å². The zero-order valence-corrected chi connectivity index (χ0v) is 21.1. The zero-order valence-electron chi connectivity index (χ0n) is 21.1. The van der Waals surface area contributed by atoms with E-state index in [1.807, 2.05) is 54.6 Å². The molecule has 0 bridgehead atoms. The molecule has 1 aliphatic rings. The number of nitrogens with one attached hydrogen (secondary N) is 3. The lowest BCUT2D eigenvalue weighted by atomic mass is 9.84. The van der Waals surface area contributed by atoms with Gasteiger partial charge in [-0.25, -0.2) is 0 Å². The second kappa shape index (κ2) is 14.6. The van der Waals surface area contributed by atoms with Gasteiger partial charge in [-0.3, -0.25) is 9.59 Å². The first-order chi connectivity index (χ1) is 17.1. The molecule has 0 heterocycles. The zero-order chi connectivity index (χ0) is 24.9. The van der Waals surface area contributed by atoms with Crippen LogP contribution in [0.5, 0.6) is 0 Å². The Kier molecular flexibility index (Phi) is 11.3. The van der Waals surface area contributed by atoms with Crippen LogP contribution in [0, 0.1) is 5.92 Å². The van der Waals surface area contributed by atoms with Gasteiger partial charge in [-0.2, -0.15) is 0 Å². The standard InChI is InChI=1S/C29H42N4O2/c1-2-17-31-27(18-22-9-5-3-6-10-22)29(35)33-21-26(25-11-7-4-8-12-25)28(34)32-20-24-15-13-23(19-30)14-16-24/h4,7-8,11-16,22,26-27,31H,2-3,5-6,9-10,17-21,30H2,1H3,(H,32,34)(H,33,35)/t26-,27+/m0/s1. The van der Waals surface area contributed by atoms with Crippen molar-refractivity contribution < 1.29 is 9.59 Å². The van der Waals surface area contributed by atoms with Gasteiger partial charge in [-0.05, 0) is 42.0 Å². The highest BCUT2D eigenvalue weighted by Gasteiger charge is 2.26. The molecule has 6 nitrogen and oxygen atoms in total. The van der Waals surface area contributed by atoms with E-state index in [9.17, 15) is 9.59 Å². The summed E-state index contributed by atoms with van der Waals surface area (Å²) in [6.07, 6.45) is 8.09. The highest BCUT2D eigenvalue weighted by Crippen LogP contribution is 2.27. The first-order valence-corrected chi connectivity index (χ1v) is 13.2. The molecule has 5 N–H and O–H groups in total. The molecule has 1 aliphatic carbocycles. The molecule has 2 aromatic rings. The number of nitrogens with two attached hydrogens (primary N) is 1. The summed E-state index contributed by atoms with van der Waals surface area (Å²) < 4.78 is 0. The maximum atomic E-state index is 13.2. The third kappa shape index (κ3) is 8.79. The number of hydrogen-bond acceptors (Lipinski definition) is 4. The number of benzene rings is 2. The average Bonchev–Trinajstić information content (AvgIpc) is 2.91. The van der Waals surface area contributed by atoms with Gasteiger partial charge in [0.25, 0.3) is 0 Å². The quantitative estimate of drug-likeness (QED) is 0.350. The minimum atomic E-state index is -0.454. The molecule has 0 radical (unpaired) electrons. The van der Waals surface area contributed by atoms with Crippen LogP contribution in [0.1, 0.15) is 74.5 Å². The third-order valence-electron chi connectivity index (χ3n) is 6.98. The van der Waals surface area contributed by atoms with Crippen LogP contribution in [0.2, 0.25) is 0 Å². The summed E-state index contributed by atoms with van der Waals surface area (Å²) in [5.74, 6) is 0.0487. The lowest BCUT2D eigenvalue weighted by Gasteiger charge is -2.27. The molecule has 0 aromatic heterocycles. The molecule has 190 valence electrons. The van der Waals surface area contributed by atoms with Gasteiger partial charge in [-0.15, -0.1) is 0 Å². The Hall–Kier alpha value is -2.70. The lowest BCUT2D eigenvalue weighted by molar-refractivity contribution is -0.124. The van der Waals surface area contributed by atoms with Crippen LogP contribution in [-0.4, -0.2) is 30.9 Å². The van der Waals surface area contributed by atoms with E-state index in [1.54, 1.807) is 0 Å². The monoisotopic (exact) mass is 478 g/mol. The molecule has 6 heteroatoms. The lowest BCUT2D eigenvalue weighted by Crippen LogP contribution is -2.47. The summed E-state index contributed by atoms with van der Waals surface area (Å²) in [5.41, 5.74) is 8.65. The third-order valence-corrected chi connectivity index (χ3v) is 6.98. The molecule has 2 aromatic carbocycles. The van der Waals surface area contributed by atoms with Crippen LogP contribution in [0.15, 0.2) is 54.6 Å². The molecular weight excluding hydrogens is 436 g/mol. The number of carbonyl (C=O) groups excluding carboxylic acids is 2. The van der Waals surface area contributed by atoms with Gasteiger partial charge in [0.2, 0.25) is 11.8 Å². The van der Waals surface area contributed by atoms with Crippen LogP contribution >= 0.6 is 0 Å². The number of carbonyl (C=O) groups is 2. The Balaban J connectivity index is 1.62. The summed E-state index contributed by atoms with van der Waals surface area (Å²) in [5, 5.41) is 9.59. The fraction of sp³-hybridized carbons (Fsp3) is 0.517. The van der Waals surface area contributed by atoms with Gasteiger partial charge in [0.05, 0.1) is 12.0 Å². The summed E-state index contributed by atoms with van der Waals surface area (Å²) in [4.78, 5) is 26.4. The maximum absolute atomic E-state index is 13.2. The van der Waals surface area contributed by atoms with Crippen molar-refractivity contribution in [2.45, 2.75) is 76.9 Å². The second-order valence-corrected chi connectivity index (χ2v) is 9.69. The Morgan fingerprint density at radius 3 is 2.26 bits per heavy atom. The fourth-order valence-corrected chi connectivity index (χ4v) is 4.84. The molecule has 35 heavy (non-hydrogen) atoms. The average molecular weight is 479 g/mol. The summed E-state index contributed by atoms with van der Waals surface area (Å²) in [6, 6.07) is 17.4. The van der Waals surface area contributed by atoms with Crippen LogP contribution in [0.3, 0.4) is 0 Å². The van der Waals surface area contributed by atoms with Crippen LogP contribution < -0.4 is 21.7 Å². The minimum Gasteiger partial charge on any atom is -0.354 e. The largest absolute Gasteiger partial charge is 0.354 e. The van der Waals surface area contributed by atoms with Gasteiger partial charge < -0.3 is 21.7 Å². The highest BCUT2D eigenvalue weighted by molar-refractivity contribution is 5.86. The topological polar surface area (TPSA) is 96.2 Å². The van der Waals surface area contributed by atoms with Crippen molar-refractivity contribution >= 4 is 11.8 Å². The number of rotatable bonds is 13. The van der Waals surface area contributed by atoms with E-state index in [4.69, 9.17) is 5.73 Å². The van der Waals surface area contributed by atoms with E-state index in [-0.39, 0.29) is 24.4 Å². The van der Waals surface area contributed by atoms with E-state index < -0.39 is 5.92 Å². The van der Waals surface area contributed by atoms with Crippen molar-refractivity contribution in [2.75, 3.05) is 13.1 Å². The Morgan fingerprint density at radius 2 is 1.60 bits per heavy atom. The van der Waals surface area contributed by atoms with E-state index >= 15 is 0 Å². The SMILES string of the molecule is CCCN[C@H](CC1CCCCC1)C(=O)NC[C@H](C(=O)NCc1ccc(CN)cc1)c1ccccc1. The predicted octanol–water partition coefficient (Wildman–Crippen LogP) is 4.00. The van der Waals surface area contributed by atoms with E-state index in [1.165, 1.54) is 32.1 Å². The first kappa shape index (κ1) is 26.9. The van der Waals surface area contributed by atoms with Crippen LogP contribution in [-0.2, 0) is 22.7 Å². The van der Waals surface area contributed by atoms with Crippen molar-refractivity contribution in [1.29, 1.82) is 0 Å². The molecule has 2 atom stereocenters.